The molecule has 17 heavy (non-hydrogen) atoms. The third-order valence-electron chi connectivity index (χ3n) is 1.73. The van der Waals surface area contributed by atoms with E-state index in [0.29, 0.717) is 0 Å². The van der Waals surface area contributed by atoms with Crippen LogP contribution in [-0.4, -0.2) is 47.1 Å². The Morgan fingerprint density at radius 2 is 1.65 bits per heavy atom. The van der Waals surface area contributed by atoms with Crippen molar-refractivity contribution in [3.8, 4) is 0 Å². The van der Waals surface area contributed by atoms with Gasteiger partial charge in [0.05, 0.1) is 0 Å². The summed E-state index contributed by atoms with van der Waals surface area (Å²) in [7, 11) is 0. The molecule has 0 aliphatic heterocycles. The van der Waals surface area contributed by atoms with Crippen LogP contribution in [0.1, 0.15) is 13.3 Å². The van der Waals surface area contributed by atoms with Crippen molar-refractivity contribution in [2.24, 2.45) is 0 Å². The van der Waals surface area contributed by atoms with Crippen LogP contribution in [0, 0.1) is 0 Å². The maximum absolute atomic E-state index is 12.6. The number of amides is 1. The number of hydrogen-bond acceptors (Lipinski definition) is 2. The standard InChI is InChI=1S/C8H10F5NO3/c1-2-3-14(4-5(15)16)6(17)7(9,10)8(11,12)13/h2-4H2,1H3,(H,15,16). The molecule has 0 saturated heterocycles. The minimum atomic E-state index is -6.03. The Kier molecular flexibility index (Phi) is 4.84. The zero-order valence-corrected chi connectivity index (χ0v) is 8.72. The fourth-order valence-electron chi connectivity index (χ4n) is 1.01. The predicted octanol–water partition coefficient (Wildman–Crippen LogP) is 1.51. The zero-order chi connectivity index (χ0) is 13.9. The van der Waals surface area contributed by atoms with E-state index < -0.39 is 37.1 Å². The smallest absolute Gasteiger partial charge is 0.463 e. The van der Waals surface area contributed by atoms with E-state index in [1.807, 2.05) is 0 Å². The number of carboxylic acids is 1. The van der Waals surface area contributed by atoms with Crippen molar-refractivity contribution in [3.05, 3.63) is 0 Å². The van der Waals surface area contributed by atoms with Crippen molar-refractivity contribution in [2.75, 3.05) is 13.1 Å². The SMILES string of the molecule is CCCN(CC(=O)O)C(=O)C(F)(F)C(F)(F)F. The summed E-state index contributed by atoms with van der Waals surface area (Å²) in [6.45, 7) is -0.275. The summed E-state index contributed by atoms with van der Waals surface area (Å²) >= 11 is 0. The highest BCUT2D eigenvalue weighted by molar-refractivity contribution is 5.87. The summed E-state index contributed by atoms with van der Waals surface area (Å²) < 4.78 is 60.9. The van der Waals surface area contributed by atoms with Crippen LogP contribution < -0.4 is 0 Å². The van der Waals surface area contributed by atoms with Crippen molar-refractivity contribution in [2.45, 2.75) is 25.4 Å². The topological polar surface area (TPSA) is 57.6 Å². The molecule has 0 fully saturated rings. The molecule has 0 aliphatic rings. The van der Waals surface area contributed by atoms with Crippen molar-refractivity contribution in [1.82, 2.24) is 4.90 Å². The van der Waals surface area contributed by atoms with Crippen LogP contribution in [0.5, 0.6) is 0 Å². The van der Waals surface area contributed by atoms with Crippen LogP contribution in [0.25, 0.3) is 0 Å². The lowest BCUT2D eigenvalue weighted by Crippen LogP contribution is -2.53. The molecule has 100 valence electrons. The number of nitrogens with zero attached hydrogens (tertiary/aromatic N) is 1. The molecule has 0 unspecified atom stereocenters. The van der Waals surface area contributed by atoms with Gasteiger partial charge >= 0.3 is 24.0 Å². The van der Waals surface area contributed by atoms with Gasteiger partial charge < -0.3 is 10.0 Å². The second kappa shape index (κ2) is 5.28. The van der Waals surface area contributed by atoms with Gasteiger partial charge in [-0.25, -0.2) is 0 Å². The lowest BCUT2D eigenvalue weighted by molar-refractivity contribution is -0.274. The van der Waals surface area contributed by atoms with Gasteiger partial charge in [-0.15, -0.1) is 0 Å². The Bertz CT molecular complexity index is 302. The van der Waals surface area contributed by atoms with Crippen molar-refractivity contribution >= 4 is 11.9 Å². The summed E-state index contributed by atoms with van der Waals surface area (Å²) in [5.41, 5.74) is 0. The molecule has 0 saturated carbocycles. The highest BCUT2D eigenvalue weighted by Crippen LogP contribution is 2.36. The number of carbonyl (C=O) groups excluding carboxylic acids is 1. The lowest BCUT2D eigenvalue weighted by atomic mass is 10.2. The van der Waals surface area contributed by atoms with Crippen LogP contribution in [0.15, 0.2) is 0 Å². The molecule has 0 aromatic rings. The second-order valence-corrected chi connectivity index (χ2v) is 3.19. The van der Waals surface area contributed by atoms with Gasteiger partial charge in [0.1, 0.15) is 6.54 Å². The van der Waals surface area contributed by atoms with Gasteiger partial charge in [0, 0.05) is 6.54 Å². The molecule has 4 nitrogen and oxygen atoms in total. The first-order valence-corrected chi connectivity index (χ1v) is 4.49. The molecule has 0 heterocycles. The Morgan fingerprint density at radius 3 is 1.94 bits per heavy atom. The van der Waals surface area contributed by atoms with Gasteiger partial charge in [-0.2, -0.15) is 22.0 Å². The zero-order valence-electron chi connectivity index (χ0n) is 8.72. The van der Waals surface area contributed by atoms with Crippen LogP contribution >= 0.6 is 0 Å². The largest absolute Gasteiger partial charge is 0.480 e. The molecule has 1 amide bonds. The van der Waals surface area contributed by atoms with Gasteiger partial charge in [0.15, 0.2) is 0 Å². The third kappa shape index (κ3) is 3.82. The molecular weight excluding hydrogens is 253 g/mol. The van der Waals surface area contributed by atoms with Gasteiger partial charge in [-0.1, -0.05) is 6.92 Å². The molecule has 9 heteroatoms. The summed E-state index contributed by atoms with van der Waals surface area (Å²) in [6.07, 6.45) is -5.97. The highest BCUT2D eigenvalue weighted by atomic mass is 19.4. The maximum Gasteiger partial charge on any atom is 0.463 e. The Balaban J connectivity index is 5.01. The van der Waals surface area contributed by atoms with E-state index >= 15 is 0 Å². The van der Waals surface area contributed by atoms with E-state index in [-0.39, 0.29) is 11.3 Å². The van der Waals surface area contributed by atoms with E-state index in [9.17, 15) is 31.5 Å². The molecule has 0 spiro atoms. The Labute approximate surface area is 93.0 Å². The maximum atomic E-state index is 12.6. The number of carboxylic acid groups (broad SMARTS) is 1. The fourth-order valence-corrected chi connectivity index (χ4v) is 1.01. The average molecular weight is 263 g/mol. The number of carbonyl (C=O) groups is 2. The van der Waals surface area contributed by atoms with Gasteiger partial charge in [0.25, 0.3) is 0 Å². The molecule has 0 atom stereocenters. The fraction of sp³-hybridized carbons (Fsp3) is 0.750. The van der Waals surface area contributed by atoms with Gasteiger partial charge in [-0.3, -0.25) is 9.59 Å². The monoisotopic (exact) mass is 263 g/mol. The molecule has 0 rings (SSSR count). The second-order valence-electron chi connectivity index (χ2n) is 3.19. The minimum absolute atomic E-state index is 0.0319. The Hall–Kier alpha value is -1.41. The third-order valence-corrected chi connectivity index (χ3v) is 1.73. The van der Waals surface area contributed by atoms with Crippen molar-refractivity contribution in [1.29, 1.82) is 0 Å². The number of aliphatic carboxylic acids is 1. The summed E-state index contributed by atoms with van der Waals surface area (Å²) in [6, 6.07) is 0. The highest BCUT2D eigenvalue weighted by Gasteiger charge is 2.64. The predicted molar refractivity (Wildman–Crippen MR) is 45.5 cm³/mol. The van der Waals surface area contributed by atoms with Crippen LogP contribution in [-0.2, 0) is 9.59 Å². The molecule has 0 aliphatic carbocycles. The van der Waals surface area contributed by atoms with Crippen LogP contribution in [0.2, 0.25) is 0 Å². The average Bonchev–Trinajstić information content (AvgIpc) is 2.13. The van der Waals surface area contributed by atoms with Crippen LogP contribution in [0.4, 0.5) is 22.0 Å². The number of halogens is 5. The van der Waals surface area contributed by atoms with E-state index in [2.05, 4.69) is 0 Å². The molecule has 0 bridgehead atoms. The molecule has 0 radical (unpaired) electrons. The number of hydrogen-bond donors (Lipinski definition) is 1. The Morgan fingerprint density at radius 1 is 1.18 bits per heavy atom. The van der Waals surface area contributed by atoms with Crippen LogP contribution in [0.3, 0.4) is 0 Å². The summed E-state index contributed by atoms with van der Waals surface area (Å²) in [4.78, 5) is 21.1. The van der Waals surface area contributed by atoms with Gasteiger partial charge in [0.2, 0.25) is 0 Å². The van der Waals surface area contributed by atoms with E-state index in [4.69, 9.17) is 5.11 Å². The quantitative estimate of drug-likeness (QED) is 0.765. The summed E-state index contributed by atoms with van der Waals surface area (Å²) in [5.74, 6) is -9.78. The molecule has 0 aromatic heterocycles. The van der Waals surface area contributed by atoms with Crippen molar-refractivity contribution < 1.29 is 36.6 Å². The molecule has 0 aromatic carbocycles. The van der Waals surface area contributed by atoms with E-state index in [1.54, 1.807) is 0 Å². The first kappa shape index (κ1) is 15.6. The number of alkyl halides is 5. The minimum Gasteiger partial charge on any atom is -0.480 e. The first-order chi connectivity index (χ1) is 7.54. The van der Waals surface area contributed by atoms with Gasteiger partial charge in [-0.05, 0) is 6.42 Å². The normalized spacial score (nSPS) is 12.4. The lowest BCUT2D eigenvalue weighted by Gasteiger charge is -2.26. The molecule has 1 N–H and O–H groups in total. The van der Waals surface area contributed by atoms with E-state index in [1.165, 1.54) is 6.92 Å². The summed E-state index contributed by atoms with van der Waals surface area (Å²) in [5, 5.41) is 8.31. The molecular formula is C8H10F5NO3. The van der Waals surface area contributed by atoms with E-state index in [0.717, 1.165) is 0 Å². The first-order valence-electron chi connectivity index (χ1n) is 4.49. The van der Waals surface area contributed by atoms with Crippen molar-refractivity contribution in [3.63, 3.8) is 0 Å². The number of rotatable bonds is 5.